The zero-order chi connectivity index (χ0) is 7.40. The van der Waals surface area contributed by atoms with Crippen molar-refractivity contribution in [2.45, 2.75) is 25.7 Å². The molecule has 0 aliphatic heterocycles. The minimum atomic E-state index is 0.918. The third-order valence-corrected chi connectivity index (χ3v) is 1.85. The average Bonchev–Trinajstić information content (AvgIpc) is 2.04. The van der Waals surface area contributed by atoms with Crippen LogP contribution in [0.1, 0.15) is 25.7 Å². The van der Waals surface area contributed by atoms with Crippen LogP contribution < -0.4 is 5.90 Å². The monoisotopic (exact) mass is 139 g/mol. The predicted octanol–water partition coefficient (Wildman–Crippen LogP) is 1.89. The summed E-state index contributed by atoms with van der Waals surface area (Å²) >= 11 is 0. The molecule has 1 aliphatic carbocycles. The van der Waals surface area contributed by atoms with Gasteiger partial charge in [0.05, 0.1) is 0 Å². The molecule has 0 saturated carbocycles. The van der Waals surface area contributed by atoms with Crippen LogP contribution in [0.2, 0.25) is 0 Å². The summed E-state index contributed by atoms with van der Waals surface area (Å²) in [6, 6.07) is 0. The zero-order valence-corrected chi connectivity index (χ0v) is 6.10. The average molecular weight is 139 g/mol. The normalized spacial score (nSPS) is 18.9. The molecule has 2 heteroatoms. The summed E-state index contributed by atoms with van der Waals surface area (Å²) in [6.07, 6.45) is 6.29. The standard InChI is InChI=1S/C8H13NO/c1-2-7-5-3-4-6-8(7)10-9/h2H,1,3-6,9H2. The number of nitrogens with two attached hydrogens (primary N) is 1. The second-order valence-corrected chi connectivity index (χ2v) is 2.48. The Labute approximate surface area is 61.3 Å². The molecular weight excluding hydrogens is 126 g/mol. The van der Waals surface area contributed by atoms with Crippen molar-refractivity contribution in [1.29, 1.82) is 0 Å². The Morgan fingerprint density at radius 3 is 2.60 bits per heavy atom. The van der Waals surface area contributed by atoms with Crippen LogP contribution in [0, 0.1) is 0 Å². The van der Waals surface area contributed by atoms with Crippen molar-refractivity contribution >= 4 is 0 Å². The lowest BCUT2D eigenvalue weighted by molar-refractivity contribution is 0.199. The lowest BCUT2D eigenvalue weighted by atomic mass is 9.98. The van der Waals surface area contributed by atoms with Gasteiger partial charge in [0.25, 0.3) is 0 Å². The van der Waals surface area contributed by atoms with E-state index in [1.54, 1.807) is 0 Å². The fourth-order valence-corrected chi connectivity index (χ4v) is 1.25. The van der Waals surface area contributed by atoms with Crippen molar-refractivity contribution in [1.82, 2.24) is 0 Å². The fourth-order valence-electron chi connectivity index (χ4n) is 1.25. The largest absolute Gasteiger partial charge is 0.416 e. The van der Waals surface area contributed by atoms with Crippen LogP contribution >= 0.6 is 0 Å². The van der Waals surface area contributed by atoms with Gasteiger partial charge in [-0.05, 0) is 24.8 Å². The number of allylic oxidation sites excluding steroid dienone is 3. The summed E-state index contributed by atoms with van der Waals surface area (Å²) in [4.78, 5) is 4.70. The maximum Gasteiger partial charge on any atom is 0.127 e. The Bertz CT molecular complexity index is 161. The molecular formula is C8H13NO. The highest BCUT2D eigenvalue weighted by Gasteiger charge is 2.10. The van der Waals surface area contributed by atoms with Gasteiger partial charge in [-0.25, -0.2) is 0 Å². The molecule has 56 valence electrons. The van der Waals surface area contributed by atoms with Gasteiger partial charge in [-0.3, -0.25) is 0 Å². The summed E-state index contributed by atoms with van der Waals surface area (Å²) < 4.78 is 0. The van der Waals surface area contributed by atoms with Gasteiger partial charge in [0, 0.05) is 6.42 Å². The lowest BCUT2D eigenvalue weighted by Crippen LogP contribution is -2.06. The molecule has 2 N–H and O–H groups in total. The Balaban J connectivity index is 2.72. The topological polar surface area (TPSA) is 35.2 Å². The van der Waals surface area contributed by atoms with Crippen molar-refractivity contribution < 1.29 is 4.84 Å². The van der Waals surface area contributed by atoms with Crippen LogP contribution in [-0.2, 0) is 4.84 Å². The van der Waals surface area contributed by atoms with Crippen molar-refractivity contribution in [3.05, 3.63) is 24.0 Å². The first kappa shape index (κ1) is 7.35. The molecule has 0 aromatic heterocycles. The van der Waals surface area contributed by atoms with Gasteiger partial charge in [0.15, 0.2) is 0 Å². The fraction of sp³-hybridized carbons (Fsp3) is 0.500. The predicted molar refractivity (Wildman–Crippen MR) is 41.0 cm³/mol. The van der Waals surface area contributed by atoms with E-state index in [0.717, 1.165) is 18.6 Å². The van der Waals surface area contributed by atoms with Gasteiger partial charge in [-0.2, -0.15) is 5.90 Å². The first-order chi connectivity index (χ1) is 4.88. The van der Waals surface area contributed by atoms with Gasteiger partial charge in [0.1, 0.15) is 5.76 Å². The van der Waals surface area contributed by atoms with E-state index in [9.17, 15) is 0 Å². The second-order valence-electron chi connectivity index (χ2n) is 2.48. The van der Waals surface area contributed by atoms with Crippen LogP contribution in [0.4, 0.5) is 0 Å². The molecule has 0 amide bonds. The highest BCUT2D eigenvalue weighted by Crippen LogP contribution is 2.24. The smallest absolute Gasteiger partial charge is 0.127 e. The summed E-state index contributed by atoms with van der Waals surface area (Å²) in [5.74, 6) is 5.98. The van der Waals surface area contributed by atoms with E-state index in [1.165, 1.54) is 18.4 Å². The van der Waals surface area contributed by atoms with E-state index in [2.05, 4.69) is 6.58 Å². The Kier molecular flexibility index (Phi) is 2.51. The Morgan fingerprint density at radius 1 is 1.40 bits per heavy atom. The maximum atomic E-state index is 5.06. The highest BCUT2D eigenvalue weighted by molar-refractivity contribution is 5.22. The van der Waals surface area contributed by atoms with E-state index >= 15 is 0 Å². The number of rotatable bonds is 2. The number of hydrogen-bond acceptors (Lipinski definition) is 2. The van der Waals surface area contributed by atoms with Crippen molar-refractivity contribution in [2.75, 3.05) is 0 Å². The Morgan fingerprint density at radius 2 is 2.10 bits per heavy atom. The van der Waals surface area contributed by atoms with E-state index in [4.69, 9.17) is 10.7 Å². The molecule has 1 aliphatic rings. The van der Waals surface area contributed by atoms with Crippen LogP contribution in [-0.4, -0.2) is 0 Å². The molecule has 2 nitrogen and oxygen atoms in total. The quantitative estimate of drug-likeness (QED) is 0.593. The Hall–Kier alpha value is -0.760. The van der Waals surface area contributed by atoms with E-state index in [1.807, 2.05) is 6.08 Å². The molecule has 1 rings (SSSR count). The molecule has 0 heterocycles. The molecule has 0 aromatic rings. The minimum absolute atomic E-state index is 0.918. The molecule has 0 saturated heterocycles. The SMILES string of the molecule is C=CC1=C(ON)CCCC1. The van der Waals surface area contributed by atoms with E-state index in [-0.39, 0.29) is 0 Å². The van der Waals surface area contributed by atoms with E-state index in [0.29, 0.717) is 0 Å². The van der Waals surface area contributed by atoms with Crippen molar-refractivity contribution in [2.24, 2.45) is 5.90 Å². The van der Waals surface area contributed by atoms with Crippen LogP contribution in [0.15, 0.2) is 24.0 Å². The highest BCUT2D eigenvalue weighted by atomic mass is 16.6. The maximum absolute atomic E-state index is 5.06. The molecule has 0 spiro atoms. The third kappa shape index (κ3) is 1.39. The second kappa shape index (κ2) is 3.42. The lowest BCUT2D eigenvalue weighted by Gasteiger charge is -2.14. The summed E-state index contributed by atoms with van der Waals surface area (Å²) in [5.41, 5.74) is 1.17. The van der Waals surface area contributed by atoms with Gasteiger partial charge < -0.3 is 4.84 Å². The molecule has 0 aromatic carbocycles. The van der Waals surface area contributed by atoms with Gasteiger partial charge in [0.2, 0.25) is 0 Å². The first-order valence-corrected chi connectivity index (χ1v) is 3.59. The molecule has 0 fully saturated rings. The van der Waals surface area contributed by atoms with Crippen molar-refractivity contribution in [3.63, 3.8) is 0 Å². The zero-order valence-electron chi connectivity index (χ0n) is 6.10. The van der Waals surface area contributed by atoms with Gasteiger partial charge in [-0.15, -0.1) is 0 Å². The minimum Gasteiger partial charge on any atom is -0.416 e. The van der Waals surface area contributed by atoms with Crippen LogP contribution in [0.5, 0.6) is 0 Å². The molecule has 0 bridgehead atoms. The first-order valence-electron chi connectivity index (χ1n) is 3.59. The van der Waals surface area contributed by atoms with Crippen molar-refractivity contribution in [3.8, 4) is 0 Å². The summed E-state index contributed by atoms with van der Waals surface area (Å²) in [6.45, 7) is 3.69. The summed E-state index contributed by atoms with van der Waals surface area (Å²) in [5, 5.41) is 0. The molecule has 10 heavy (non-hydrogen) atoms. The molecule has 0 atom stereocenters. The third-order valence-electron chi connectivity index (χ3n) is 1.85. The summed E-state index contributed by atoms with van der Waals surface area (Å²) in [7, 11) is 0. The molecule has 0 unspecified atom stereocenters. The van der Waals surface area contributed by atoms with Crippen LogP contribution in [0.25, 0.3) is 0 Å². The van der Waals surface area contributed by atoms with E-state index < -0.39 is 0 Å². The number of hydrogen-bond donors (Lipinski definition) is 1. The van der Waals surface area contributed by atoms with Gasteiger partial charge in [-0.1, -0.05) is 12.7 Å². The van der Waals surface area contributed by atoms with Crippen LogP contribution in [0.3, 0.4) is 0 Å². The molecule has 0 radical (unpaired) electrons. The van der Waals surface area contributed by atoms with Gasteiger partial charge >= 0.3 is 0 Å².